The summed E-state index contributed by atoms with van der Waals surface area (Å²) in [6, 6.07) is 1.15. The van der Waals surface area contributed by atoms with Crippen molar-refractivity contribution in [2.45, 2.75) is 66.0 Å². The van der Waals surface area contributed by atoms with E-state index in [1.807, 2.05) is 6.08 Å². The summed E-state index contributed by atoms with van der Waals surface area (Å²) in [6.45, 7) is 11.6. The molecular formula is C14H27NO2. The van der Waals surface area contributed by atoms with E-state index in [0.29, 0.717) is 17.7 Å². The van der Waals surface area contributed by atoms with E-state index in [1.54, 1.807) is 6.92 Å². The molecule has 0 unspecified atom stereocenters. The Hall–Kier alpha value is -0.830. The van der Waals surface area contributed by atoms with Gasteiger partial charge in [-0.25, -0.2) is 4.79 Å². The van der Waals surface area contributed by atoms with Crippen LogP contribution in [0.25, 0.3) is 0 Å². The van der Waals surface area contributed by atoms with E-state index in [0.717, 1.165) is 25.8 Å². The number of carboxylic acids is 1. The van der Waals surface area contributed by atoms with Gasteiger partial charge in [-0.3, -0.25) is 4.90 Å². The second kappa shape index (κ2) is 8.29. The van der Waals surface area contributed by atoms with Crippen molar-refractivity contribution in [3.05, 3.63) is 11.6 Å². The molecule has 0 rings (SSSR count). The van der Waals surface area contributed by atoms with Gasteiger partial charge in [0.25, 0.3) is 0 Å². The van der Waals surface area contributed by atoms with Gasteiger partial charge in [0.2, 0.25) is 0 Å². The number of rotatable bonds is 8. The van der Waals surface area contributed by atoms with E-state index in [-0.39, 0.29) is 0 Å². The van der Waals surface area contributed by atoms with Crippen LogP contribution in [0.4, 0.5) is 0 Å². The molecule has 3 nitrogen and oxygen atoms in total. The van der Waals surface area contributed by atoms with Crippen LogP contribution in [0.3, 0.4) is 0 Å². The van der Waals surface area contributed by atoms with Crippen LogP contribution in [-0.4, -0.2) is 34.6 Å². The van der Waals surface area contributed by atoms with Crippen LogP contribution in [0, 0.1) is 0 Å². The molecule has 0 aromatic rings. The van der Waals surface area contributed by atoms with Crippen LogP contribution in [-0.2, 0) is 4.79 Å². The first-order valence-corrected chi connectivity index (χ1v) is 6.52. The Kier molecular flexibility index (Phi) is 7.88. The van der Waals surface area contributed by atoms with Crippen molar-refractivity contribution in [3.63, 3.8) is 0 Å². The minimum absolute atomic E-state index is 0.453. The second-order valence-electron chi connectivity index (χ2n) is 5.11. The number of allylic oxidation sites excluding steroid dienone is 1. The summed E-state index contributed by atoms with van der Waals surface area (Å²) in [7, 11) is 0. The molecule has 1 N–H and O–H groups in total. The van der Waals surface area contributed by atoms with Crippen molar-refractivity contribution in [1.29, 1.82) is 0 Å². The average Bonchev–Trinajstić information content (AvgIpc) is 2.21. The standard InChI is InChI=1S/C14H27NO2/c1-11(2)15(12(3)4)10-8-6-7-9-13(5)14(16)17/h9,11-12H,6-8,10H2,1-5H3,(H,16,17). The lowest BCUT2D eigenvalue weighted by Crippen LogP contribution is -2.37. The topological polar surface area (TPSA) is 40.5 Å². The number of carbonyl (C=O) groups is 1. The normalized spacial score (nSPS) is 12.8. The first-order chi connectivity index (χ1) is 7.86. The monoisotopic (exact) mass is 241 g/mol. The minimum Gasteiger partial charge on any atom is -0.478 e. The van der Waals surface area contributed by atoms with E-state index in [9.17, 15) is 4.79 Å². The quantitative estimate of drug-likeness (QED) is 0.523. The van der Waals surface area contributed by atoms with Crippen LogP contribution in [0.2, 0.25) is 0 Å². The molecule has 0 heterocycles. The summed E-state index contributed by atoms with van der Waals surface area (Å²) < 4.78 is 0. The zero-order valence-corrected chi connectivity index (χ0v) is 11.9. The molecule has 0 atom stereocenters. The highest BCUT2D eigenvalue weighted by Crippen LogP contribution is 2.08. The zero-order chi connectivity index (χ0) is 13.4. The molecule has 0 aromatic heterocycles. The van der Waals surface area contributed by atoms with E-state index in [1.165, 1.54) is 0 Å². The molecule has 0 amide bonds. The van der Waals surface area contributed by atoms with Crippen LogP contribution >= 0.6 is 0 Å². The molecule has 0 saturated heterocycles. The molecule has 0 fully saturated rings. The molecule has 17 heavy (non-hydrogen) atoms. The Morgan fingerprint density at radius 1 is 1.18 bits per heavy atom. The molecule has 0 aromatic carbocycles. The maximum atomic E-state index is 10.6. The lowest BCUT2D eigenvalue weighted by molar-refractivity contribution is -0.132. The number of hydrogen-bond donors (Lipinski definition) is 1. The van der Waals surface area contributed by atoms with Gasteiger partial charge in [-0.05, 0) is 60.4 Å². The van der Waals surface area contributed by atoms with Crippen LogP contribution in [0.1, 0.15) is 53.9 Å². The molecule has 3 heteroatoms. The molecule has 0 aliphatic carbocycles. The van der Waals surface area contributed by atoms with Crippen LogP contribution in [0.5, 0.6) is 0 Å². The molecule has 0 aliphatic heterocycles. The van der Waals surface area contributed by atoms with E-state index in [2.05, 4.69) is 32.6 Å². The van der Waals surface area contributed by atoms with Crippen molar-refractivity contribution in [3.8, 4) is 0 Å². The van der Waals surface area contributed by atoms with Crippen molar-refractivity contribution >= 4 is 5.97 Å². The average molecular weight is 241 g/mol. The first kappa shape index (κ1) is 16.2. The van der Waals surface area contributed by atoms with E-state index in [4.69, 9.17) is 5.11 Å². The summed E-state index contributed by atoms with van der Waals surface area (Å²) >= 11 is 0. The Balaban J connectivity index is 3.84. The molecular weight excluding hydrogens is 214 g/mol. The van der Waals surface area contributed by atoms with Gasteiger partial charge in [0.1, 0.15) is 0 Å². The van der Waals surface area contributed by atoms with Gasteiger partial charge in [-0.15, -0.1) is 0 Å². The van der Waals surface area contributed by atoms with Gasteiger partial charge in [0, 0.05) is 17.7 Å². The molecule has 100 valence electrons. The largest absolute Gasteiger partial charge is 0.478 e. The Bertz CT molecular complexity index is 249. The summed E-state index contributed by atoms with van der Waals surface area (Å²) in [5.41, 5.74) is 0.453. The summed E-state index contributed by atoms with van der Waals surface area (Å²) in [5, 5.41) is 8.70. The second-order valence-corrected chi connectivity index (χ2v) is 5.11. The lowest BCUT2D eigenvalue weighted by atomic mass is 10.1. The third-order valence-corrected chi connectivity index (χ3v) is 2.98. The number of hydrogen-bond acceptors (Lipinski definition) is 2. The van der Waals surface area contributed by atoms with E-state index >= 15 is 0 Å². The van der Waals surface area contributed by atoms with Crippen LogP contribution < -0.4 is 0 Å². The highest BCUT2D eigenvalue weighted by Gasteiger charge is 2.11. The third-order valence-electron chi connectivity index (χ3n) is 2.98. The summed E-state index contributed by atoms with van der Waals surface area (Å²) in [6.07, 6.45) is 4.86. The molecule has 0 bridgehead atoms. The van der Waals surface area contributed by atoms with Crippen LogP contribution in [0.15, 0.2) is 11.6 Å². The SMILES string of the molecule is CC(=CCCCCN(C(C)C)C(C)C)C(=O)O. The minimum atomic E-state index is -0.809. The van der Waals surface area contributed by atoms with Crippen molar-refractivity contribution in [1.82, 2.24) is 4.90 Å². The van der Waals surface area contributed by atoms with Gasteiger partial charge < -0.3 is 5.11 Å². The third kappa shape index (κ3) is 7.16. The molecule has 0 saturated carbocycles. The summed E-state index contributed by atoms with van der Waals surface area (Å²) in [4.78, 5) is 13.0. The van der Waals surface area contributed by atoms with Crippen molar-refractivity contribution < 1.29 is 9.90 Å². The highest BCUT2D eigenvalue weighted by atomic mass is 16.4. The number of unbranched alkanes of at least 4 members (excludes halogenated alkanes) is 2. The Morgan fingerprint density at radius 3 is 2.12 bits per heavy atom. The Labute approximate surface area is 106 Å². The highest BCUT2D eigenvalue weighted by molar-refractivity contribution is 5.85. The fourth-order valence-corrected chi connectivity index (χ4v) is 1.96. The molecule has 0 spiro atoms. The lowest BCUT2D eigenvalue weighted by Gasteiger charge is -2.30. The zero-order valence-electron chi connectivity index (χ0n) is 11.9. The van der Waals surface area contributed by atoms with E-state index < -0.39 is 5.97 Å². The molecule has 0 radical (unpaired) electrons. The fraction of sp³-hybridized carbons (Fsp3) is 0.786. The van der Waals surface area contributed by atoms with Gasteiger partial charge >= 0.3 is 5.97 Å². The summed E-state index contributed by atoms with van der Waals surface area (Å²) in [5.74, 6) is -0.809. The van der Waals surface area contributed by atoms with Gasteiger partial charge in [-0.2, -0.15) is 0 Å². The maximum absolute atomic E-state index is 10.6. The number of carboxylic acid groups (broad SMARTS) is 1. The number of nitrogens with zero attached hydrogens (tertiary/aromatic N) is 1. The van der Waals surface area contributed by atoms with Gasteiger partial charge in [-0.1, -0.05) is 6.08 Å². The van der Waals surface area contributed by atoms with Gasteiger partial charge in [0.15, 0.2) is 0 Å². The van der Waals surface area contributed by atoms with Crippen molar-refractivity contribution in [2.75, 3.05) is 6.54 Å². The maximum Gasteiger partial charge on any atom is 0.330 e. The number of aliphatic carboxylic acids is 1. The first-order valence-electron chi connectivity index (χ1n) is 6.52. The molecule has 0 aliphatic rings. The predicted molar refractivity (Wildman–Crippen MR) is 72.2 cm³/mol. The predicted octanol–water partition coefficient (Wildman–Crippen LogP) is 3.31. The smallest absolute Gasteiger partial charge is 0.330 e. The van der Waals surface area contributed by atoms with Crippen molar-refractivity contribution in [2.24, 2.45) is 0 Å². The fourth-order valence-electron chi connectivity index (χ4n) is 1.96. The Morgan fingerprint density at radius 2 is 1.71 bits per heavy atom. The van der Waals surface area contributed by atoms with Gasteiger partial charge in [0.05, 0.1) is 0 Å².